The monoisotopic (exact) mass is 398 g/mol. The van der Waals surface area contributed by atoms with Gasteiger partial charge in [-0.2, -0.15) is 0 Å². The molecule has 148 valence electrons. The topological polar surface area (TPSA) is 100 Å². The molecule has 4 N–H and O–H groups in total. The highest BCUT2D eigenvalue weighted by Gasteiger charge is 2.37. The molecule has 1 aromatic heterocycles. The number of benzene rings is 2. The van der Waals surface area contributed by atoms with Gasteiger partial charge in [-0.05, 0) is 24.3 Å². The molecule has 0 saturated carbocycles. The fraction of sp³-hybridized carbons (Fsp3) is 0.0526. The summed E-state index contributed by atoms with van der Waals surface area (Å²) in [6.07, 6.45) is 5.10. The zero-order chi connectivity index (χ0) is 19.3. The number of fused-ring (bicyclic) bond motifs is 3. The van der Waals surface area contributed by atoms with Crippen LogP contribution in [0.3, 0.4) is 0 Å². The Kier molecular flexibility index (Phi) is 4.49. The molecule has 0 saturated heterocycles. The van der Waals surface area contributed by atoms with Crippen LogP contribution in [0.1, 0.15) is 0 Å². The molecular formula is C19H16F2N6O2. The lowest BCUT2D eigenvalue weighted by Gasteiger charge is -2.28. The van der Waals surface area contributed by atoms with Gasteiger partial charge in [0.05, 0.1) is 35.6 Å². The van der Waals surface area contributed by atoms with Crippen molar-refractivity contribution in [3.05, 3.63) is 84.4 Å². The normalized spacial score (nSPS) is 15.0. The van der Waals surface area contributed by atoms with Crippen LogP contribution in [-0.2, 0) is 6.54 Å². The molecule has 5 rings (SSSR count). The lowest BCUT2D eigenvalue weighted by molar-refractivity contribution is 0.388. The third-order valence-electron chi connectivity index (χ3n) is 4.55. The Hall–Kier alpha value is -3.76. The van der Waals surface area contributed by atoms with Crippen molar-refractivity contribution in [1.29, 1.82) is 0 Å². The van der Waals surface area contributed by atoms with Crippen LogP contribution in [-0.4, -0.2) is 25.8 Å². The minimum Gasteiger partial charge on any atom is -0.492 e. The Morgan fingerprint density at radius 1 is 1.03 bits per heavy atom. The van der Waals surface area contributed by atoms with Crippen LogP contribution in [0.15, 0.2) is 77.8 Å². The fourth-order valence-corrected chi connectivity index (χ4v) is 3.25. The third kappa shape index (κ3) is 3.00. The number of nitrogens with zero attached hydrogens (tertiary/aromatic N) is 5. The van der Waals surface area contributed by atoms with E-state index in [2.05, 4.69) is 15.5 Å². The molecule has 0 atom stereocenters. The summed E-state index contributed by atoms with van der Waals surface area (Å²) in [4.78, 5) is 8.71. The summed E-state index contributed by atoms with van der Waals surface area (Å²) in [5, 5.41) is 13.9. The van der Waals surface area contributed by atoms with Crippen LogP contribution < -0.4 is 15.6 Å². The van der Waals surface area contributed by atoms with Gasteiger partial charge in [0.15, 0.2) is 11.6 Å². The van der Waals surface area contributed by atoms with Crippen LogP contribution >= 0.6 is 0 Å². The van der Waals surface area contributed by atoms with Gasteiger partial charge in [0.2, 0.25) is 5.88 Å². The molecule has 29 heavy (non-hydrogen) atoms. The van der Waals surface area contributed by atoms with Crippen molar-refractivity contribution in [3.63, 3.8) is 0 Å². The zero-order valence-corrected chi connectivity index (χ0v) is 14.9. The summed E-state index contributed by atoms with van der Waals surface area (Å²) in [5.41, 5.74) is 5.73. The summed E-state index contributed by atoms with van der Waals surface area (Å²) in [5.74, 6) is -2.13. The highest BCUT2D eigenvalue weighted by Crippen LogP contribution is 2.39. The minimum absolute atomic E-state index is 0. The first-order valence-electron chi connectivity index (χ1n) is 8.49. The highest BCUT2D eigenvalue weighted by atomic mass is 19.2. The average Bonchev–Trinajstić information content (AvgIpc) is 3.32. The van der Waals surface area contributed by atoms with Crippen LogP contribution in [0.2, 0.25) is 0 Å². The number of hydrogen-bond acceptors (Lipinski definition) is 6. The molecule has 0 amide bonds. The van der Waals surface area contributed by atoms with E-state index in [1.807, 2.05) is 28.8 Å². The van der Waals surface area contributed by atoms with Gasteiger partial charge in [0.25, 0.3) is 0 Å². The van der Waals surface area contributed by atoms with Gasteiger partial charge < -0.3 is 15.1 Å². The number of allylic oxidation sites excluding steroid dienone is 1. The van der Waals surface area contributed by atoms with Crippen LogP contribution in [0.25, 0.3) is 0 Å². The number of imidazole rings is 1. The first-order chi connectivity index (χ1) is 13.6. The maximum absolute atomic E-state index is 13.7. The number of anilines is 2. The van der Waals surface area contributed by atoms with Crippen LogP contribution in [0.5, 0.6) is 0 Å². The summed E-state index contributed by atoms with van der Waals surface area (Å²) in [6.45, 7) is 0.373. The van der Waals surface area contributed by atoms with Crippen molar-refractivity contribution in [2.75, 3.05) is 10.0 Å². The number of aliphatic hydroxyl groups excluding tert-OH is 1. The number of aliphatic hydroxyl groups is 1. The van der Waals surface area contributed by atoms with E-state index in [1.165, 1.54) is 11.1 Å². The first kappa shape index (κ1) is 18.6. The van der Waals surface area contributed by atoms with Crippen molar-refractivity contribution < 1.29 is 19.4 Å². The Bertz CT molecular complexity index is 1130. The van der Waals surface area contributed by atoms with E-state index in [4.69, 9.17) is 0 Å². The molecule has 0 fully saturated rings. The molecule has 0 radical (unpaired) electrons. The standard InChI is InChI=1S/C19H14F2N6O.H2O/c20-13-6-5-12(9-14(13)21)26-19(28)18-16(10-25-8-7-22-11-25)23-15-3-1-2-4-17(15)27(18)24-26;/h1-9,11,24,28H,10H2;1H2. The largest absolute Gasteiger partial charge is 0.492 e. The van der Waals surface area contributed by atoms with Gasteiger partial charge in [0.1, 0.15) is 5.70 Å². The van der Waals surface area contributed by atoms with Crippen molar-refractivity contribution in [3.8, 4) is 0 Å². The van der Waals surface area contributed by atoms with E-state index < -0.39 is 11.6 Å². The zero-order valence-electron chi connectivity index (χ0n) is 14.9. The highest BCUT2D eigenvalue weighted by molar-refractivity contribution is 6.09. The predicted octanol–water partition coefficient (Wildman–Crippen LogP) is 2.60. The third-order valence-corrected chi connectivity index (χ3v) is 4.55. The number of halogens is 2. The predicted molar refractivity (Wildman–Crippen MR) is 103 cm³/mol. The Balaban J connectivity index is 0.00000205. The first-order valence-corrected chi connectivity index (χ1v) is 8.49. The quantitative estimate of drug-likeness (QED) is 0.706. The van der Waals surface area contributed by atoms with E-state index >= 15 is 0 Å². The Morgan fingerprint density at radius 2 is 1.86 bits per heavy atom. The SMILES string of the molecule is O.OC1=C2C(Cn3ccnc3)=Nc3ccccc3N2NN1c1ccc(F)c(F)c1. The van der Waals surface area contributed by atoms with Gasteiger partial charge in [0, 0.05) is 18.5 Å². The molecule has 2 aliphatic heterocycles. The van der Waals surface area contributed by atoms with Gasteiger partial charge in [-0.25, -0.2) is 28.8 Å². The lowest BCUT2D eigenvalue weighted by Crippen LogP contribution is -2.43. The molecule has 2 aliphatic rings. The molecule has 0 unspecified atom stereocenters. The molecule has 2 aromatic carbocycles. The number of para-hydroxylation sites is 2. The summed E-state index contributed by atoms with van der Waals surface area (Å²) in [6, 6.07) is 10.8. The Morgan fingerprint density at radius 3 is 2.62 bits per heavy atom. The number of nitrogens with one attached hydrogen (secondary N) is 1. The molecule has 8 nitrogen and oxygen atoms in total. The van der Waals surface area contributed by atoms with E-state index in [1.54, 1.807) is 23.7 Å². The molecule has 0 spiro atoms. The number of aromatic nitrogens is 2. The number of hydrazine groups is 2. The van der Waals surface area contributed by atoms with Crippen molar-refractivity contribution in [2.45, 2.75) is 6.54 Å². The molecular weight excluding hydrogens is 382 g/mol. The maximum Gasteiger partial charge on any atom is 0.236 e. The van der Waals surface area contributed by atoms with E-state index in [-0.39, 0.29) is 17.0 Å². The van der Waals surface area contributed by atoms with Gasteiger partial charge >= 0.3 is 0 Å². The van der Waals surface area contributed by atoms with Gasteiger partial charge in [-0.1, -0.05) is 12.1 Å². The lowest BCUT2D eigenvalue weighted by atomic mass is 10.1. The van der Waals surface area contributed by atoms with E-state index in [9.17, 15) is 13.9 Å². The van der Waals surface area contributed by atoms with Gasteiger partial charge in [-0.3, -0.25) is 0 Å². The van der Waals surface area contributed by atoms with E-state index in [0.717, 1.165) is 17.8 Å². The fourth-order valence-electron chi connectivity index (χ4n) is 3.25. The van der Waals surface area contributed by atoms with Crippen LogP contribution in [0.4, 0.5) is 25.8 Å². The molecule has 3 heterocycles. The summed E-state index contributed by atoms with van der Waals surface area (Å²) in [7, 11) is 0. The second kappa shape index (κ2) is 7.00. The molecule has 10 heteroatoms. The van der Waals surface area contributed by atoms with E-state index in [0.29, 0.717) is 23.6 Å². The number of rotatable bonds is 3. The van der Waals surface area contributed by atoms with Gasteiger partial charge in [-0.15, -0.1) is 5.53 Å². The second-order valence-corrected chi connectivity index (χ2v) is 6.32. The molecule has 0 bridgehead atoms. The smallest absolute Gasteiger partial charge is 0.236 e. The summed E-state index contributed by atoms with van der Waals surface area (Å²) >= 11 is 0. The minimum atomic E-state index is -1.00. The van der Waals surface area contributed by atoms with Crippen molar-refractivity contribution >= 4 is 22.8 Å². The van der Waals surface area contributed by atoms with Crippen molar-refractivity contribution in [2.24, 2.45) is 4.99 Å². The van der Waals surface area contributed by atoms with Crippen molar-refractivity contribution in [1.82, 2.24) is 15.1 Å². The Labute approximate surface area is 163 Å². The average molecular weight is 398 g/mol. The second-order valence-electron chi connectivity index (χ2n) is 6.32. The molecule has 0 aliphatic carbocycles. The molecule has 3 aromatic rings. The van der Waals surface area contributed by atoms with Crippen LogP contribution in [0, 0.1) is 11.6 Å². The maximum atomic E-state index is 13.7. The number of aliphatic imine (C=N–C) groups is 1. The summed E-state index contributed by atoms with van der Waals surface area (Å²) < 4.78 is 28.9. The number of hydrogen-bond donors (Lipinski definition) is 2.